The Bertz CT molecular complexity index is 1170. The molecule has 0 spiro atoms. The number of hydrogen-bond acceptors (Lipinski definition) is 6. The molecule has 0 saturated carbocycles. The maximum atomic E-state index is 13.2. The zero-order valence-corrected chi connectivity index (χ0v) is 16.2. The van der Waals surface area contributed by atoms with Crippen LogP contribution in [0, 0.1) is 0 Å². The van der Waals surface area contributed by atoms with E-state index in [1.807, 2.05) is 0 Å². The Hall–Kier alpha value is -3.35. The number of pyridine rings is 1. The maximum absolute atomic E-state index is 13.2. The zero-order valence-electron chi connectivity index (χ0n) is 16.2. The van der Waals surface area contributed by atoms with Gasteiger partial charge in [-0.3, -0.25) is 4.79 Å². The van der Waals surface area contributed by atoms with Crippen LogP contribution in [-0.2, 0) is 12.4 Å². The first kappa shape index (κ1) is 21.9. The number of nitrogens with zero attached hydrogens (tertiary/aromatic N) is 3. The lowest BCUT2D eigenvalue weighted by molar-refractivity contribution is -0.143. The number of hydrogen-bond donors (Lipinski definition) is 3. The van der Waals surface area contributed by atoms with Crippen molar-refractivity contribution in [2.45, 2.75) is 12.4 Å². The molecular formula is C19H16F6N6O. The van der Waals surface area contributed by atoms with E-state index in [1.165, 1.54) is 12.3 Å². The molecule has 0 radical (unpaired) electrons. The minimum absolute atomic E-state index is 0.0300. The van der Waals surface area contributed by atoms with Crippen LogP contribution in [0.1, 0.15) is 11.1 Å². The average molecular weight is 458 g/mol. The summed E-state index contributed by atoms with van der Waals surface area (Å²) in [6.07, 6.45) is -8.67. The molecule has 2 aromatic heterocycles. The van der Waals surface area contributed by atoms with Gasteiger partial charge in [-0.15, -0.1) is 0 Å². The number of benzene rings is 1. The van der Waals surface area contributed by atoms with Gasteiger partial charge >= 0.3 is 12.4 Å². The number of alkyl halides is 6. The molecule has 0 atom stereocenters. The van der Waals surface area contributed by atoms with Gasteiger partial charge < -0.3 is 20.5 Å². The fourth-order valence-electron chi connectivity index (χ4n) is 3.34. The summed E-state index contributed by atoms with van der Waals surface area (Å²) in [7, 11) is 0. The minimum atomic E-state index is -5.01. The molecule has 32 heavy (non-hydrogen) atoms. The lowest BCUT2D eigenvalue weighted by atomic mass is 10.1. The van der Waals surface area contributed by atoms with Crippen LogP contribution in [0.25, 0.3) is 10.9 Å². The minimum Gasteiger partial charge on any atom is -0.339 e. The van der Waals surface area contributed by atoms with E-state index in [9.17, 15) is 31.1 Å². The Kier molecular flexibility index (Phi) is 5.44. The van der Waals surface area contributed by atoms with Gasteiger partial charge in [0.05, 0.1) is 16.6 Å². The summed E-state index contributed by atoms with van der Waals surface area (Å²) in [6.45, 7) is 2.36. The summed E-state index contributed by atoms with van der Waals surface area (Å²) >= 11 is 0. The van der Waals surface area contributed by atoms with Gasteiger partial charge in [0.1, 0.15) is 11.2 Å². The summed E-state index contributed by atoms with van der Waals surface area (Å²) in [5, 5.41) is 5.54. The fraction of sp³-hybridized carbons (Fsp3) is 0.316. The number of aromatic nitrogens is 3. The second-order valence-electron chi connectivity index (χ2n) is 7.10. The fourth-order valence-corrected chi connectivity index (χ4v) is 3.34. The van der Waals surface area contributed by atoms with Crippen molar-refractivity contribution in [1.82, 2.24) is 20.3 Å². The molecule has 1 aliphatic heterocycles. The third-order valence-electron chi connectivity index (χ3n) is 4.86. The number of nitrogens with one attached hydrogen (secondary N) is 3. The quantitative estimate of drug-likeness (QED) is 0.521. The molecule has 13 heteroatoms. The van der Waals surface area contributed by atoms with Gasteiger partial charge in [0.2, 0.25) is 5.95 Å². The van der Waals surface area contributed by atoms with Crippen LogP contribution >= 0.6 is 0 Å². The van der Waals surface area contributed by atoms with Crippen LogP contribution < -0.4 is 21.1 Å². The standard InChI is InChI=1S/C19H16F6N6O/c20-18(21,22)10-7-11(19(23,24)25)9-12(8-10)28-15-14-13(1-2-27-16(14)32)29-17(30-15)31-5-3-26-4-6-31/h1-2,7-9,26H,3-6H2,(H,27,32)(H,28,29,30). The highest BCUT2D eigenvalue weighted by Crippen LogP contribution is 2.38. The van der Waals surface area contributed by atoms with E-state index in [1.54, 1.807) is 4.90 Å². The van der Waals surface area contributed by atoms with E-state index in [0.29, 0.717) is 38.3 Å². The van der Waals surface area contributed by atoms with E-state index in [4.69, 9.17) is 0 Å². The molecule has 4 rings (SSSR count). The van der Waals surface area contributed by atoms with E-state index in [0.717, 1.165) is 0 Å². The van der Waals surface area contributed by atoms with Crippen LogP contribution in [0.4, 0.5) is 43.8 Å². The molecule has 0 amide bonds. The van der Waals surface area contributed by atoms with Gasteiger partial charge in [-0.05, 0) is 24.3 Å². The van der Waals surface area contributed by atoms with Crippen molar-refractivity contribution >= 4 is 28.4 Å². The van der Waals surface area contributed by atoms with Crippen molar-refractivity contribution < 1.29 is 26.3 Å². The number of aromatic amines is 1. The third-order valence-corrected chi connectivity index (χ3v) is 4.86. The Morgan fingerprint density at radius 3 is 2.16 bits per heavy atom. The number of rotatable bonds is 3. The smallest absolute Gasteiger partial charge is 0.339 e. The Morgan fingerprint density at radius 1 is 0.938 bits per heavy atom. The largest absolute Gasteiger partial charge is 0.416 e. The van der Waals surface area contributed by atoms with Gasteiger partial charge in [-0.25, -0.2) is 4.98 Å². The second-order valence-corrected chi connectivity index (χ2v) is 7.10. The van der Waals surface area contributed by atoms with E-state index < -0.39 is 34.7 Å². The van der Waals surface area contributed by atoms with Gasteiger partial charge in [0, 0.05) is 38.1 Å². The number of fused-ring (bicyclic) bond motifs is 1. The lowest BCUT2D eigenvalue weighted by Gasteiger charge is -2.28. The first-order valence-electron chi connectivity index (χ1n) is 9.44. The SMILES string of the molecule is O=c1[nH]ccc2nc(N3CCNCC3)nc(Nc3cc(C(F)(F)F)cc(C(F)(F)F)c3)c12. The highest BCUT2D eigenvalue weighted by molar-refractivity contribution is 5.91. The number of halogens is 6. The van der Waals surface area contributed by atoms with Crippen molar-refractivity contribution in [3.8, 4) is 0 Å². The van der Waals surface area contributed by atoms with Crippen LogP contribution in [0.3, 0.4) is 0 Å². The topological polar surface area (TPSA) is 85.9 Å². The molecule has 1 saturated heterocycles. The van der Waals surface area contributed by atoms with Crippen LogP contribution in [0.5, 0.6) is 0 Å². The van der Waals surface area contributed by atoms with E-state index in [2.05, 4.69) is 25.6 Å². The summed E-state index contributed by atoms with van der Waals surface area (Å²) < 4.78 is 79.3. The van der Waals surface area contributed by atoms with E-state index >= 15 is 0 Å². The highest BCUT2D eigenvalue weighted by atomic mass is 19.4. The molecule has 7 nitrogen and oxygen atoms in total. The molecule has 3 heterocycles. The molecule has 0 bridgehead atoms. The average Bonchev–Trinajstić information content (AvgIpc) is 2.73. The van der Waals surface area contributed by atoms with Crippen molar-refractivity contribution in [3.63, 3.8) is 0 Å². The predicted molar refractivity (Wildman–Crippen MR) is 105 cm³/mol. The molecule has 1 fully saturated rings. The summed E-state index contributed by atoms with van der Waals surface area (Å²) in [6, 6.07) is 2.57. The van der Waals surface area contributed by atoms with Gasteiger partial charge in [0.25, 0.3) is 5.56 Å². The zero-order chi connectivity index (χ0) is 23.1. The molecule has 1 aromatic carbocycles. The van der Waals surface area contributed by atoms with Crippen molar-refractivity contribution in [2.75, 3.05) is 36.4 Å². The number of H-pyrrole nitrogens is 1. The molecule has 0 unspecified atom stereocenters. The van der Waals surface area contributed by atoms with Crippen molar-refractivity contribution in [3.05, 3.63) is 51.9 Å². The highest BCUT2D eigenvalue weighted by Gasteiger charge is 2.37. The second kappa shape index (κ2) is 7.97. The first-order chi connectivity index (χ1) is 15.0. The molecule has 1 aliphatic rings. The first-order valence-corrected chi connectivity index (χ1v) is 9.44. The van der Waals surface area contributed by atoms with Crippen molar-refractivity contribution in [2.24, 2.45) is 0 Å². The van der Waals surface area contributed by atoms with Crippen molar-refractivity contribution in [1.29, 1.82) is 0 Å². The Balaban J connectivity index is 1.85. The number of anilines is 3. The molecular weight excluding hydrogens is 442 g/mol. The van der Waals surface area contributed by atoms with Gasteiger partial charge in [0.15, 0.2) is 0 Å². The van der Waals surface area contributed by atoms with Gasteiger partial charge in [-0.1, -0.05) is 0 Å². The Labute approximate surface area is 176 Å². The van der Waals surface area contributed by atoms with Crippen LogP contribution in [-0.4, -0.2) is 41.1 Å². The predicted octanol–water partition coefficient (Wildman–Crippen LogP) is 3.51. The maximum Gasteiger partial charge on any atom is 0.416 e. The summed E-state index contributed by atoms with van der Waals surface area (Å²) in [4.78, 5) is 25.2. The van der Waals surface area contributed by atoms with Gasteiger partial charge in [-0.2, -0.15) is 31.3 Å². The molecule has 3 N–H and O–H groups in total. The summed E-state index contributed by atoms with van der Waals surface area (Å²) in [5.41, 5.74) is -3.92. The van der Waals surface area contributed by atoms with E-state index in [-0.39, 0.29) is 28.7 Å². The number of piperazine rings is 1. The third kappa shape index (κ3) is 4.47. The molecule has 3 aromatic rings. The molecule has 0 aliphatic carbocycles. The molecule has 170 valence electrons. The van der Waals surface area contributed by atoms with Crippen LogP contribution in [0.2, 0.25) is 0 Å². The lowest BCUT2D eigenvalue weighted by Crippen LogP contribution is -2.44. The normalized spacial score (nSPS) is 15.2. The summed E-state index contributed by atoms with van der Waals surface area (Å²) in [5.74, 6) is 0.00736. The monoisotopic (exact) mass is 458 g/mol. The van der Waals surface area contributed by atoms with Crippen LogP contribution in [0.15, 0.2) is 35.3 Å². The Morgan fingerprint density at radius 2 is 1.56 bits per heavy atom.